The van der Waals surface area contributed by atoms with Crippen molar-refractivity contribution in [3.8, 4) is 0 Å². The van der Waals surface area contributed by atoms with Crippen LogP contribution in [0.25, 0.3) is 10.9 Å². The quantitative estimate of drug-likeness (QED) is 0.848. The van der Waals surface area contributed by atoms with Crippen LogP contribution in [-0.2, 0) is 0 Å². The number of nitrogens with two attached hydrogens (primary N) is 1. The Morgan fingerprint density at radius 3 is 2.76 bits per heavy atom. The molecule has 0 unspecified atom stereocenters. The van der Waals surface area contributed by atoms with Gasteiger partial charge in [-0.2, -0.15) is 0 Å². The molecule has 3 rings (SSSR count). The highest BCUT2D eigenvalue weighted by molar-refractivity contribution is 5.83. The van der Waals surface area contributed by atoms with Gasteiger partial charge in [-0.15, -0.1) is 0 Å². The fourth-order valence-electron chi connectivity index (χ4n) is 2.90. The van der Waals surface area contributed by atoms with E-state index in [0.29, 0.717) is 12.6 Å². The van der Waals surface area contributed by atoms with Gasteiger partial charge in [0, 0.05) is 29.7 Å². The maximum absolute atomic E-state index is 5.98. The van der Waals surface area contributed by atoms with Crippen LogP contribution in [0.4, 0.5) is 0 Å². The van der Waals surface area contributed by atoms with Gasteiger partial charge in [-0.25, -0.2) is 0 Å². The van der Waals surface area contributed by atoms with Gasteiger partial charge in [0.15, 0.2) is 0 Å². The third-order valence-corrected chi connectivity index (χ3v) is 3.78. The first-order valence-corrected chi connectivity index (χ1v) is 6.40. The van der Waals surface area contributed by atoms with Crippen LogP contribution in [-0.4, -0.2) is 29.5 Å². The number of H-pyrrole nitrogens is 1. The molecule has 17 heavy (non-hydrogen) atoms. The van der Waals surface area contributed by atoms with Crippen molar-refractivity contribution >= 4 is 10.9 Å². The van der Waals surface area contributed by atoms with Gasteiger partial charge in [0.2, 0.25) is 0 Å². The summed E-state index contributed by atoms with van der Waals surface area (Å²) in [5, 5.41) is 1.31. The topological polar surface area (TPSA) is 45.1 Å². The Morgan fingerprint density at radius 2 is 2.00 bits per heavy atom. The molecule has 0 spiro atoms. The molecule has 1 aliphatic heterocycles. The van der Waals surface area contributed by atoms with Crippen LogP contribution in [0.3, 0.4) is 0 Å². The molecule has 0 saturated carbocycles. The van der Waals surface area contributed by atoms with E-state index in [9.17, 15) is 0 Å². The smallest absolute Gasteiger partial charge is 0.0491 e. The lowest BCUT2D eigenvalue weighted by molar-refractivity contribution is 0.253. The highest BCUT2D eigenvalue weighted by atomic mass is 15.2. The molecule has 1 atom stereocenters. The van der Waals surface area contributed by atoms with Crippen molar-refractivity contribution in [1.82, 2.24) is 9.88 Å². The number of likely N-dealkylation sites (tertiary alicyclic amines) is 1. The van der Waals surface area contributed by atoms with E-state index in [2.05, 4.69) is 40.3 Å². The molecule has 1 saturated heterocycles. The molecular formula is C14H19N3. The van der Waals surface area contributed by atoms with Gasteiger partial charge < -0.3 is 10.7 Å². The average molecular weight is 229 g/mol. The Labute approximate surface area is 102 Å². The zero-order valence-corrected chi connectivity index (χ0v) is 10.0. The Bertz CT molecular complexity index is 497. The zero-order valence-electron chi connectivity index (χ0n) is 10.0. The summed E-state index contributed by atoms with van der Waals surface area (Å²) < 4.78 is 0. The normalized spacial score (nSPS) is 18.9. The minimum Gasteiger partial charge on any atom is -0.361 e. The molecule has 3 nitrogen and oxygen atoms in total. The van der Waals surface area contributed by atoms with Crippen LogP contribution in [0.1, 0.15) is 24.4 Å². The molecule has 1 aliphatic rings. The molecule has 0 radical (unpaired) electrons. The molecule has 0 amide bonds. The lowest BCUT2D eigenvalue weighted by Crippen LogP contribution is -2.31. The number of para-hydroxylation sites is 1. The first kappa shape index (κ1) is 10.8. The van der Waals surface area contributed by atoms with Crippen LogP contribution in [0.15, 0.2) is 30.5 Å². The van der Waals surface area contributed by atoms with Crippen LogP contribution in [0, 0.1) is 0 Å². The molecule has 90 valence electrons. The highest BCUT2D eigenvalue weighted by Crippen LogP contribution is 2.29. The first-order valence-electron chi connectivity index (χ1n) is 6.40. The average Bonchev–Trinajstić information content (AvgIpc) is 3.01. The largest absolute Gasteiger partial charge is 0.361 e. The van der Waals surface area contributed by atoms with Gasteiger partial charge in [0.05, 0.1) is 0 Å². The SMILES string of the molecule is NC[C@@H](c1c[nH]c2ccccc12)N1CCCC1. The van der Waals surface area contributed by atoms with Crippen molar-refractivity contribution in [3.05, 3.63) is 36.0 Å². The Morgan fingerprint density at radius 1 is 1.24 bits per heavy atom. The minimum absolute atomic E-state index is 0.369. The summed E-state index contributed by atoms with van der Waals surface area (Å²) in [5.41, 5.74) is 8.54. The Hall–Kier alpha value is -1.32. The van der Waals surface area contributed by atoms with Gasteiger partial charge in [0.25, 0.3) is 0 Å². The highest BCUT2D eigenvalue weighted by Gasteiger charge is 2.24. The summed E-state index contributed by atoms with van der Waals surface area (Å²) in [6.45, 7) is 3.06. The van der Waals surface area contributed by atoms with Crippen LogP contribution < -0.4 is 5.73 Å². The standard InChI is InChI=1S/C14H19N3/c15-9-14(17-7-3-4-8-17)12-10-16-13-6-2-1-5-11(12)13/h1-2,5-6,10,14,16H,3-4,7-9,15H2/t14-/m0/s1. The van der Waals surface area contributed by atoms with Gasteiger partial charge in [-0.05, 0) is 37.6 Å². The second-order valence-electron chi connectivity index (χ2n) is 4.78. The molecule has 0 bridgehead atoms. The Balaban J connectivity index is 2.00. The van der Waals surface area contributed by atoms with Crippen molar-refractivity contribution < 1.29 is 0 Å². The third-order valence-electron chi connectivity index (χ3n) is 3.78. The van der Waals surface area contributed by atoms with E-state index in [1.807, 2.05) is 0 Å². The molecule has 1 aromatic heterocycles. The second-order valence-corrected chi connectivity index (χ2v) is 4.78. The monoisotopic (exact) mass is 229 g/mol. The number of nitrogens with one attached hydrogen (secondary N) is 1. The summed E-state index contributed by atoms with van der Waals surface area (Å²) in [6.07, 6.45) is 4.73. The van der Waals surface area contributed by atoms with Gasteiger partial charge in [-0.3, -0.25) is 4.90 Å². The van der Waals surface area contributed by atoms with Crippen molar-refractivity contribution in [1.29, 1.82) is 0 Å². The summed E-state index contributed by atoms with van der Waals surface area (Å²) in [6, 6.07) is 8.83. The zero-order chi connectivity index (χ0) is 11.7. The summed E-state index contributed by atoms with van der Waals surface area (Å²) in [7, 11) is 0. The van der Waals surface area contributed by atoms with E-state index in [0.717, 1.165) is 0 Å². The van der Waals surface area contributed by atoms with E-state index in [1.165, 1.54) is 42.4 Å². The fourth-order valence-corrected chi connectivity index (χ4v) is 2.90. The fraction of sp³-hybridized carbons (Fsp3) is 0.429. The molecule has 2 heterocycles. The number of hydrogen-bond acceptors (Lipinski definition) is 2. The van der Waals surface area contributed by atoms with Gasteiger partial charge in [-0.1, -0.05) is 18.2 Å². The number of nitrogens with zero attached hydrogens (tertiary/aromatic N) is 1. The number of hydrogen-bond donors (Lipinski definition) is 2. The predicted octanol–water partition coefficient (Wildman–Crippen LogP) is 2.26. The van der Waals surface area contributed by atoms with Crippen LogP contribution in [0.5, 0.6) is 0 Å². The molecule has 1 aromatic carbocycles. The molecular weight excluding hydrogens is 210 g/mol. The number of fused-ring (bicyclic) bond motifs is 1. The van der Waals surface area contributed by atoms with Crippen molar-refractivity contribution in [2.45, 2.75) is 18.9 Å². The number of benzene rings is 1. The maximum Gasteiger partial charge on any atom is 0.0491 e. The van der Waals surface area contributed by atoms with E-state index >= 15 is 0 Å². The van der Waals surface area contributed by atoms with Crippen LogP contribution in [0.2, 0.25) is 0 Å². The Kier molecular flexibility index (Phi) is 2.87. The molecule has 3 N–H and O–H groups in total. The summed E-state index contributed by atoms with van der Waals surface area (Å²) in [4.78, 5) is 5.85. The van der Waals surface area contributed by atoms with Crippen molar-refractivity contribution in [3.63, 3.8) is 0 Å². The van der Waals surface area contributed by atoms with E-state index in [1.54, 1.807) is 0 Å². The first-order chi connectivity index (χ1) is 8.40. The third kappa shape index (κ3) is 1.85. The predicted molar refractivity (Wildman–Crippen MR) is 70.9 cm³/mol. The van der Waals surface area contributed by atoms with Crippen LogP contribution >= 0.6 is 0 Å². The van der Waals surface area contributed by atoms with Gasteiger partial charge >= 0.3 is 0 Å². The lowest BCUT2D eigenvalue weighted by atomic mass is 10.0. The molecule has 1 fully saturated rings. The minimum atomic E-state index is 0.369. The van der Waals surface area contributed by atoms with Crippen molar-refractivity contribution in [2.24, 2.45) is 5.73 Å². The lowest BCUT2D eigenvalue weighted by Gasteiger charge is -2.25. The maximum atomic E-state index is 5.98. The molecule has 0 aliphatic carbocycles. The van der Waals surface area contributed by atoms with Crippen molar-refractivity contribution in [2.75, 3.05) is 19.6 Å². The molecule has 3 heteroatoms. The van der Waals surface area contributed by atoms with E-state index in [-0.39, 0.29) is 0 Å². The number of aromatic nitrogens is 1. The summed E-state index contributed by atoms with van der Waals surface area (Å²) in [5.74, 6) is 0. The summed E-state index contributed by atoms with van der Waals surface area (Å²) >= 11 is 0. The van der Waals surface area contributed by atoms with Gasteiger partial charge in [0.1, 0.15) is 0 Å². The van der Waals surface area contributed by atoms with E-state index < -0.39 is 0 Å². The molecule has 2 aromatic rings. The van der Waals surface area contributed by atoms with E-state index in [4.69, 9.17) is 5.73 Å². The second kappa shape index (κ2) is 4.51. The number of aromatic amines is 1. The number of rotatable bonds is 3.